The molecule has 2 unspecified atom stereocenters. The highest BCUT2D eigenvalue weighted by Crippen LogP contribution is 2.32. The third-order valence-corrected chi connectivity index (χ3v) is 3.57. The Hall–Kier alpha value is -0.0800. The van der Waals surface area contributed by atoms with E-state index in [1.807, 2.05) is 0 Å². The van der Waals surface area contributed by atoms with Gasteiger partial charge in [0.15, 0.2) is 0 Å². The van der Waals surface area contributed by atoms with E-state index in [-0.39, 0.29) is 6.10 Å². The lowest BCUT2D eigenvalue weighted by atomic mass is 9.96. The van der Waals surface area contributed by atoms with Crippen LogP contribution in [0.25, 0.3) is 0 Å². The highest BCUT2D eigenvalue weighted by molar-refractivity contribution is 4.84. The SMILES string of the molecule is CCC(CC)C(O)CNC(C)C1CC1. The number of nitrogens with one attached hydrogen (secondary N) is 1. The van der Waals surface area contributed by atoms with Gasteiger partial charge in [-0.2, -0.15) is 0 Å². The second-order valence-electron chi connectivity index (χ2n) is 4.68. The van der Waals surface area contributed by atoms with E-state index >= 15 is 0 Å². The number of aliphatic hydroxyl groups is 1. The van der Waals surface area contributed by atoms with Crippen LogP contribution in [0.4, 0.5) is 0 Å². The van der Waals surface area contributed by atoms with E-state index in [0.717, 1.165) is 25.3 Å². The first-order chi connectivity index (χ1) is 6.69. The third kappa shape index (κ3) is 3.58. The molecule has 0 aromatic heterocycles. The standard InChI is InChI=1S/C12H25NO/c1-4-10(5-2)12(14)8-13-9(3)11-6-7-11/h9-14H,4-8H2,1-3H3. The van der Waals surface area contributed by atoms with Gasteiger partial charge in [-0.15, -0.1) is 0 Å². The number of aliphatic hydroxyl groups excluding tert-OH is 1. The smallest absolute Gasteiger partial charge is 0.0692 e. The maximum atomic E-state index is 9.90. The molecule has 0 aromatic rings. The molecule has 0 bridgehead atoms. The molecule has 0 amide bonds. The average molecular weight is 199 g/mol. The van der Waals surface area contributed by atoms with E-state index in [4.69, 9.17) is 0 Å². The summed E-state index contributed by atoms with van der Waals surface area (Å²) in [6.07, 6.45) is 4.74. The van der Waals surface area contributed by atoms with Gasteiger partial charge in [-0.3, -0.25) is 0 Å². The normalized spacial score (nSPS) is 21.2. The molecule has 1 aliphatic carbocycles. The first kappa shape index (κ1) is 12.0. The van der Waals surface area contributed by atoms with Crippen molar-refractivity contribution in [3.8, 4) is 0 Å². The third-order valence-electron chi connectivity index (χ3n) is 3.57. The number of hydrogen-bond acceptors (Lipinski definition) is 2. The lowest BCUT2D eigenvalue weighted by Gasteiger charge is -2.22. The molecule has 0 radical (unpaired) electrons. The van der Waals surface area contributed by atoms with E-state index in [2.05, 4.69) is 26.1 Å². The molecule has 2 atom stereocenters. The molecule has 0 saturated heterocycles. The summed E-state index contributed by atoms with van der Waals surface area (Å²) in [5.41, 5.74) is 0. The van der Waals surface area contributed by atoms with E-state index in [1.165, 1.54) is 12.8 Å². The maximum absolute atomic E-state index is 9.90. The van der Waals surface area contributed by atoms with Crippen LogP contribution in [0.1, 0.15) is 46.5 Å². The van der Waals surface area contributed by atoms with E-state index in [1.54, 1.807) is 0 Å². The zero-order chi connectivity index (χ0) is 10.6. The highest BCUT2D eigenvalue weighted by Gasteiger charge is 2.28. The molecule has 1 rings (SSSR count). The van der Waals surface area contributed by atoms with Crippen molar-refractivity contribution in [3.63, 3.8) is 0 Å². The van der Waals surface area contributed by atoms with Gasteiger partial charge in [-0.25, -0.2) is 0 Å². The largest absolute Gasteiger partial charge is 0.392 e. The molecule has 84 valence electrons. The quantitative estimate of drug-likeness (QED) is 0.658. The Morgan fingerprint density at radius 1 is 1.29 bits per heavy atom. The number of rotatable bonds is 7. The van der Waals surface area contributed by atoms with Crippen LogP contribution in [0.3, 0.4) is 0 Å². The lowest BCUT2D eigenvalue weighted by Crippen LogP contribution is -2.38. The Labute approximate surface area is 88.1 Å². The van der Waals surface area contributed by atoms with Crippen molar-refractivity contribution in [2.45, 2.75) is 58.6 Å². The van der Waals surface area contributed by atoms with Gasteiger partial charge in [-0.05, 0) is 31.6 Å². The van der Waals surface area contributed by atoms with E-state index < -0.39 is 0 Å². The lowest BCUT2D eigenvalue weighted by molar-refractivity contribution is 0.0980. The summed E-state index contributed by atoms with van der Waals surface area (Å²) in [5, 5.41) is 13.3. The van der Waals surface area contributed by atoms with Crippen molar-refractivity contribution in [2.24, 2.45) is 11.8 Å². The van der Waals surface area contributed by atoms with Crippen LogP contribution in [-0.2, 0) is 0 Å². The second kappa shape index (κ2) is 5.72. The molecule has 1 aliphatic rings. The molecule has 14 heavy (non-hydrogen) atoms. The topological polar surface area (TPSA) is 32.3 Å². The maximum Gasteiger partial charge on any atom is 0.0692 e. The van der Waals surface area contributed by atoms with Gasteiger partial charge in [0.2, 0.25) is 0 Å². The highest BCUT2D eigenvalue weighted by atomic mass is 16.3. The number of hydrogen-bond donors (Lipinski definition) is 2. The molecule has 0 spiro atoms. The van der Waals surface area contributed by atoms with Crippen LogP contribution in [0.15, 0.2) is 0 Å². The predicted octanol–water partition coefficient (Wildman–Crippen LogP) is 2.17. The second-order valence-corrected chi connectivity index (χ2v) is 4.68. The van der Waals surface area contributed by atoms with Crippen molar-refractivity contribution in [3.05, 3.63) is 0 Å². The molecule has 1 fully saturated rings. The summed E-state index contributed by atoms with van der Waals surface area (Å²) in [4.78, 5) is 0. The Morgan fingerprint density at radius 3 is 2.29 bits per heavy atom. The van der Waals surface area contributed by atoms with Gasteiger partial charge in [0.25, 0.3) is 0 Å². The van der Waals surface area contributed by atoms with Gasteiger partial charge in [0, 0.05) is 12.6 Å². The van der Waals surface area contributed by atoms with Crippen molar-refractivity contribution in [1.29, 1.82) is 0 Å². The Morgan fingerprint density at radius 2 is 1.86 bits per heavy atom. The first-order valence-corrected chi connectivity index (χ1v) is 6.10. The summed E-state index contributed by atoms with van der Waals surface area (Å²) in [7, 11) is 0. The molecule has 0 aromatic carbocycles. The molecule has 2 heteroatoms. The van der Waals surface area contributed by atoms with Crippen molar-refractivity contribution < 1.29 is 5.11 Å². The fourth-order valence-corrected chi connectivity index (χ4v) is 2.07. The van der Waals surface area contributed by atoms with Gasteiger partial charge in [0.05, 0.1) is 6.10 Å². The zero-order valence-electron chi connectivity index (χ0n) is 9.79. The Kier molecular flexibility index (Phi) is 4.90. The minimum absolute atomic E-state index is 0.161. The van der Waals surface area contributed by atoms with E-state index in [0.29, 0.717) is 12.0 Å². The monoisotopic (exact) mass is 199 g/mol. The van der Waals surface area contributed by atoms with Crippen molar-refractivity contribution in [2.75, 3.05) is 6.54 Å². The van der Waals surface area contributed by atoms with Crippen LogP contribution in [0.2, 0.25) is 0 Å². The summed E-state index contributed by atoms with van der Waals surface area (Å²) < 4.78 is 0. The average Bonchev–Trinajstić information content (AvgIpc) is 2.99. The summed E-state index contributed by atoms with van der Waals surface area (Å²) in [6, 6.07) is 0.596. The van der Waals surface area contributed by atoms with Gasteiger partial charge < -0.3 is 10.4 Å². The molecule has 2 nitrogen and oxygen atoms in total. The van der Waals surface area contributed by atoms with Gasteiger partial charge in [-0.1, -0.05) is 26.7 Å². The Bertz CT molecular complexity index is 152. The molecular formula is C12H25NO. The van der Waals surface area contributed by atoms with E-state index in [9.17, 15) is 5.11 Å². The minimum atomic E-state index is -0.161. The molecule has 0 heterocycles. The molecular weight excluding hydrogens is 174 g/mol. The van der Waals surface area contributed by atoms with Crippen LogP contribution >= 0.6 is 0 Å². The van der Waals surface area contributed by atoms with Crippen LogP contribution < -0.4 is 5.32 Å². The fraction of sp³-hybridized carbons (Fsp3) is 1.00. The molecule has 1 saturated carbocycles. The predicted molar refractivity (Wildman–Crippen MR) is 60.3 cm³/mol. The summed E-state index contributed by atoms with van der Waals surface area (Å²) >= 11 is 0. The van der Waals surface area contributed by atoms with Gasteiger partial charge in [0.1, 0.15) is 0 Å². The van der Waals surface area contributed by atoms with Crippen LogP contribution in [0, 0.1) is 11.8 Å². The summed E-state index contributed by atoms with van der Waals surface area (Å²) in [6.45, 7) is 7.31. The van der Waals surface area contributed by atoms with Gasteiger partial charge >= 0.3 is 0 Å². The first-order valence-electron chi connectivity index (χ1n) is 6.10. The molecule has 0 aliphatic heterocycles. The van der Waals surface area contributed by atoms with Crippen molar-refractivity contribution >= 4 is 0 Å². The minimum Gasteiger partial charge on any atom is -0.392 e. The van der Waals surface area contributed by atoms with Crippen LogP contribution in [-0.4, -0.2) is 23.8 Å². The molecule has 2 N–H and O–H groups in total. The van der Waals surface area contributed by atoms with Crippen LogP contribution in [0.5, 0.6) is 0 Å². The Balaban J connectivity index is 2.14. The van der Waals surface area contributed by atoms with Crippen molar-refractivity contribution in [1.82, 2.24) is 5.32 Å². The summed E-state index contributed by atoms with van der Waals surface area (Å²) in [5.74, 6) is 1.35. The zero-order valence-corrected chi connectivity index (χ0v) is 9.79. The fourth-order valence-electron chi connectivity index (χ4n) is 2.07.